The molecule has 0 saturated heterocycles. The molecule has 0 aliphatic carbocycles. The van der Waals surface area contributed by atoms with E-state index in [1.807, 2.05) is 6.92 Å². The van der Waals surface area contributed by atoms with Crippen LogP contribution < -0.4 is 0 Å². The minimum atomic E-state index is -0.523. The molecule has 0 aromatic heterocycles. The summed E-state index contributed by atoms with van der Waals surface area (Å²) in [5, 5.41) is 0. The molecule has 0 aromatic carbocycles. The Kier molecular flexibility index (Phi) is 19.7. The molecule has 4 heteroatoms. The Hall–Kier alpha value is -1.76. The van der Waals surface area contributed by atoms with Gasteiger partial charge < -0.3 is 9.47 Å². The van der Waals surface area contributed by atoms with E-state index in [1.165, 1.54) is 51.4 Å². The Labute approximate surface area is 178 Å². The van der Waals surface area contributed by atoms with Crippen molar-refractivity contribution in [3.8, 4) is 11.8 Å². The van der Waals surface area contributed by atoms with E-state index in [0.717, 1.165) is 37.8 Å². The van der Waals surface area contributed by atoms with Gasteiger partial charge in [-0.25, -0.2) is 9.59 Å². The van der Waals surface area contributed by atoms with E-state index in [1.54, 1.807) is 0 Å². The molecule has 29 heavy (non-hydrogen) atoms. The third kappa shape index (κ3) is 19.3. The molecule has 166 valence electrons. The highest BCUT2D eigenvalue weighted by atomic mass is 16.5. The fourth-order valence-corrected chi connectivity index (χ4v) is 2.82. The molecule has 0 fully saturated rings. The van der Waals surface area contributed by atoms with Gasteiger partial charge in [0, 0.05) is 25.0 Å². The molecule has 1 unspecified atom stereocenters. The molecule has 0 aliphatic heterocycles. The molecule has 0 spiro atoms. The van der Waals surface area contributed by atoms with Crippen LogP contribution in [0.4, 0.5) is 0 Å². The molecule has 0 heterocycles. The molecule has 0 saturated carbocycles. The molecule has 4 nitrogen and oxygen atoms in total. The van der Waals surface area contributed by atoms with Gasteiger partial charge in [0.15, 0.2) is 0 Å². The van der Waals surface area contributed by atoms with Crippen molar-refractivity contribution in [3.63, 3.8) is 0 Å². The standard InChI is InChI=1S/C25H42O4/c1-4-7-9-11-12-13-14-15-16-18-22-28-24(26)20-21-25(27)29-23(6-3)19-17-10-8-5-2/h20-21,23H,4-9,11-16,18-19,22H2,1-3H3/b21-20+. The highest BCUT2D eigenvalue weighted by Crippen LogP contribution is 2.10. The van der Waals surface area contributed by atoms with Crippen molar-refractivity contribution in [1.29, 1.82) is 0 Å². The molecule has 0 N–H and O–H groups in total. The topological polar surface area (TPSA) is 52.6 Å². The zero-order chi connectivity index (χ0) is 21.6. The minimum Gasteiger partial charge on any atom is -0.463 e. The van der Waals surface area contributed by atoms with Crippen LogP contribution in [0.5, 0.6) is 0 Å². The van der Waals surface area contributed by atoms with Crippen LogP contribution in [0.25, 0.3) is 0 Å². The summed E-state index contributed by atoms with van der Waals surface area (Å²) >= 11 is 0. The summed E-state index contributed by atoms with van der Waals surface area (Å²) < 4.78 is 10.4. The summed E-state index contributed by atoms with van der Waals surface area (Å²) in [5.74, 6) is 5.06. The molecule has 1 atom stereocenters. The van der Waals surface area contributed by atoms with Gasteiger partial charge in [0.1, 0.15) is 6.10 Å². The number of carbonyl (C=O) groups excluding carboxylic acids is 2. The SMILES string of the molecule is CCCC#CCC(CC)OC(=O)/C=C/C(=O)OCCCCCCCCCCCC. The van der Waals surface area contributed by atoms with Gasteiger partial charge in [-0.3, -0.25) is 0 Å². The fourth-order valence-electron chi connectivity index (χ4n) is 2.82. The van der Waals surface area contributed by atoms with Gasteiger partial charge in [0.25, 0.3) is 0 Å². The van der Waals surface area contributed by atoms with Crippen molar-refractivity contribution in [3.05, 3.63) is 12.2 Å². The Morgan fingerprint density at radius 3 is 1.93 bits per heavy atom. The summed E-state index contributed by atoms with van der Waals surface area (Å²) in [5.41, 5.74) is 0. The predicted octanol–water partition coefficient (Wildman–Crippen LogP) is 6.52. The lowest BCUT2D eigenvalue weighted by atomic mass is 10.1. The summed E-state index contributed by atoms with van der Waals surface area (Å²) in [6, 6.07) is 0. The van der Waals surface area contributed by atoms with Gasteiger partial charge in [-0.1, -0.05) is 84.5 Å². The van der Waals surface area contributed by atoms with E-state index in [-0.39, 0.29) is 6.10 Å². The van der Waals surface area contributed by atoms with Crippen LogP contribution in [0.1, 0.15) is 111 Å². The molecule has 0 radical (unpaired) electrons. The number of rotatable bonds is 17. The molecule has 0 aliphatic rings. The third-order valence-electron chi connectivity index (χ3n) is 4.67. The van der Waals surface area contributed by atoms with Crippen LogP contribution in [-0.4, -0.2) is 24.6 Å². The van der Waals surface area contributed by atoms with Gasteiger partial charge in [0.05, 0.1) is 6.61 Å². The average Bonchev–Trinajstić information content (AvgIpc) is 2.72. The largest absolute Gasteiger partial charge is 0.463 e. The summed E-state index contributed by atoms with van der Waals surface area (Å²) in [6.07, 6.45) is 17.5. The van der Waals surface area contributed by atoms with E-state index in [9.17, 15) is 9.59 Å². The maximum Gasteiger partial charge on any atom is 0.331 e. The van der Waals surface area contributed by atoms with E-state index < -0.39 is 11.9 Å². The van der Waals surface area contributed by atoms with Crippen LogP contribution in [0.2, 0.25) is 0 Å². The maximum absolute atomic E-state index is 11.8. The number of esters is 2. The van der Waals surface area contributed by atoms with Crippen LogP contribution in [0.15, 0.2) is 12.2 Å². The lowest BCUT2D eigenvalue weighted by Gasteiger charge is -2.11. The Morgan fingerprint density at radius 2 is 1.34 bits per heavy atom. The van der Waals surface area contributed by atoms with Crippen LogP contribution in [0, 0.1) is 11.8 Å². The zero-order valence-electron chi connectivity index (χ0n) is 19.0. The number of carbonyl (C=O) groups is 2. The lowest BCUT2D eigenvalue weighted by Crippen LogP contribution is -2.15. The Bertz CT molecular complexity index is 499. The lowest BCUT2D eigenvalue weighted by molar-refractivity contribution is -0.144. The first-order valence-corrected chi connectivity index (χ1v) is 11.6. The van der Waals surface area contributed by atoms with Crippen molar-refractivity contribution < 1.29 is 19.1 Å². The second-order valence-electron chi connectivity index (χ2n) is 7.46. The number of unbranched alkanes of at least 4 members (excludes halogenated alkanes) is 10. The van der Waals surface area contributed by atoms with E-state index in [4.69, 9.17) is 9.47 Å². The smallest absolute Gasteiger partial charge is 0.331 e. The van der Waals surface area contributed by atoms with Crippen LogP contribution in [-0.2, 0) is 19.1 Å². The van der Waals surface area contributed by atoms with Crippen LogP contribution in [0.3, 0.4) is 0 Å². The van der Waals surface area contributed by atoms with Crippen molar-refractivity contribution in [1.82, 2.24) is 0 Å². The molecule has 0 bridgehead atoms. The Balaban J connectivity index is 3.73. The van der Waals surface area contributed by atoms with Crippen molar-refractivity contribution in [2.45, 2.75) is 117 Å². The molecule has 0 aromatic rings. The van der Waals surface area contributed by atoms with Crippen molar-refractivity contribution in [2.24, 2.45) is 0 Å². The zero-order valence-corrected chi connectivity index (χ0v) is 19.0. The quantitative estimate of drug-likeness (QED) is 0.119. The average molecular weight is 407 g/mol. The fraction of sp³-hybridized carbons (Fsp3) is 0.760. The van der Waals surface area contributed by atoms with Gasteiger partial charge in [-0.05, 0) is 19.3 Å². The second-order valence-corrected chi connectivity index (χ2v) is 7.46. The van der Waals surface area contributed by atoms with Crippen molar-refractivity contribution in [2.75, 3.05) is 6.61 Å². The first-order valence-electron chi connectivity index (χ1n) is 11.6. The molecule has 0 rings (SSSR count). The van der Waals surface area contributed by atoms with E-state index in [2.05, 4.69) is 25.7 Å². The number of hydrogen-bond donors (Lipinski definition) is 0. The maximum atomic E-state index is 11.8. The van der Waals surface area contributed by atoms with E-state index >= 15 is 0 Å². The van der Waals surface area contributed by atoms with Gasteiger partial charge >= 0.3 is 11.9 Å². The predicted molar refractivity (Wildman–Crippen MR) is 119 cm³/mol. The normalized spacial score (nSPS) is 11.7. The van der Waals surface area contributed by atoms with Crippen LogP contribution >= 0.6 is 0 Å². The summed E-state index contributed by atoms with van der Waals surface area (Å²) in [4.78, 5) is 23.5. The third-order valence-corrected chi connectivity index (χ3v) is 4.67. The first kappa shape index (κ1) is 27.2. The Morgan fingerprint density at radius 1 is 0.759 bits per heavy atom. The highest BCUT2D eigenvalue weighted by Gasteiger charge is 2.09. The van der Waals surface area contributed by atoms with Gasteiger partial charge in [0.2, 0.25) is 0 Å². The minimum absolute atomic E-state index is 0.237. The van der Waals surface area contributed by atoms with E-state index in [0.29, 0.717) is 19.4 Å². The first-order chi connectivity index (χ1) is 14.1. The molecule has 0 amide bonds. The molecular formula is C25H42O4. The highest BCUT2D eigenvalue weighted by molar-refractivity contribution is 5.91. The number of ether oxygens (including phenoxy) is 2. The number of hydrogen-bond acceptors (Lipinski definition) is 4. The second kappa shape index (κ2) is 21.0. The molecular weight excluding hydrogens is 364 g/mol. The van der Waals surface area contributed by atoms with Gasteiger partial charge in [-0.2, -0.15) is 0 Å². The van der Waals surface area contributed by atoms with Crippen molar-refractivity contribution >= 4 is 11.9 Å². The summed E-state index contributed by atoms with van der Waals surface area (Å²) in [6.45, 7) is 6.66. The monoisotopic (exact) mass is 406 g/mol. The van der Waals surface area contributed by atoms with Gasteiger partial charge in [-0.15, -0.1) is 5.92 Å². The summed E-state index contributed by atoms with van der Waals surface area (Å²) in [7, 11) is 0.